The van der Waals surface area contributed by atoms with Crippen molar-refractivity contribution in [3.63, 3.8) is 0 Å². The van der Waals surface area contributed by atoms with Gasteiger partial charge in [-0.15, -0.1) is 0 Å². The van der Waals surface area contributed by atoms with E-state index in [2.05, 4.69) is 0 Å². The van der Waals surface area contributed by atoms with E-state index >= 15 is 0 Å². The van der Waals surface area contributed by atoms with Gasteiger partial charge in [-0.25, -0.2) is 4.79 Å². The second kappa shape index (κ2) is 4.56. The maximum Gasteiger partial charge on any atom is 0.342 e. The summed E-state index contributed by atoms with van der Waals surface area (Å²) in [6.45, 7) is 7.39. The Labute approximate surface area is 96.4 Å². The van der Waals surface area contributed by atoms with Gasteiger partial charge in [0.2, 0.25) is 0 Å². The maximum absolute atomic E-state index is 12.0. The Kier molecular flexibility index (Phi) is 3.58. The van der Waals surface area contributed by atoms with Gasteiger partial charge in [0.15, 0.2) is 0 Å². The first-order valence-corrected chi connectivity index (χ1v) is 5.22. The van der Waals surface area contributed by atoms with Gasteiger partial charge >= 0.3 is 5.97 Å². The van der Waals surface area contributed by atoms with Crippen molar-refractivity contribution in [2.45, 2.75) is 33.3 Å². The van der Waals surface area contributed by atoms with Crippen molar-refractivity contribution in [2.24, 2.45) is 0 Å². The van der Waals surface area contributed by atoms with Crippen LogP contribution in [-0.4, -0.2) is 18.7 Å². The lowest BCUT2D eigenvalue weighted by molar-refractivity contribution is 0.00657. The van der Waals surface area contributed by atoms with E-state index in [1.807, 2.05) is 39.8 Å². The monoisotopic (exact) mass is 222 g/mol. The zero-order chi connectivity index (χ0) is 12.3. The molecule has 0 aliphatic heterocycles. The average Bonchev–Trinajstić information content (AvgIpc) is 2.14. The number of aryl methyl sites for hydroxylation is 1. The van der Waals surface area contributed by atoms with Crippen molar-refractivity contribution in [3.8, 4) is 5.75 Å². The molecule has 0 fully saturated rings. The molecule has 1 rings (SSSR count). The molecule has 16 heavy (non-hydrogen) atoms. The Balaban J connectivity index is 3.08. The number of carbonyl (C=O) groups is 1. The van der Waals surface area contributed by atoms with Crippen molar-refractivity contribution in [2.75, 3.05) is 7.11 Å². The van der Waals surface area contributed by atoms with Crippen molar-refractivity contribution in [3.05, 3.63) is 29.3 Å². The molecule has 0 spiro atoms. The fourth-order valence-corrected chi connectivity index (χ4v) is 1.40. The number of hydrogen-bond donors (Lipinski definition) is 0. The van der Waals surface area contributed by atoms with E-state index in [-0.39, 0.29) is 5.97 Å². The van der Waals surface area contributed by atoms with Gasteiger partial charge in [0.1, 0.15) is 16.9 Å². The third kappa shape index (κ3) is 2.99. The van der Waals surface area contributed by atoms with Gasteiger partial charge in [-0.05, 0) is 39.3 Å². The molecule has 0 unspecified atom stereocenters. The molecule has 1 aromatic rings. The smallest absolute Gasteiger partial charge is 0.342 e. The van der Waals surface area contributed by atoms with Crippen LogP contribution in [0.1, 0.15) is 36.7 Å². The molecule has 0 saturated carbocycles. The molecular formula is C13H18O3. The zero-order valence-electron chi connectivity index (χ0n) is 10.5. The quantitative estimate of drug-likeness (QED) is 0.722. The minimum absolute atomic E-state index is 0.345. The predicted molar refractivity (Wildman–Crippen MR) is 62.9 cm³/mol. The van der Waals surface area contributed by atoms with Gasteiger partial charge < -0.3 is 9.47 Å². The summed E-state index contributed by atoms with van der Waals surface area (Å²) in [6.07, 6.45) is 0. The van der Waals surface area contributed by atoms with Gasteiger partial charge in [-0.3, -0.25) is 0 Å². The molecule has 0 aromatic heterocycles. The minimum Gasteiger partial charge on any atom is -0.496 e. The summed E-state index contributed by atoms with van der Waals surface area (Å²) in [5.41, 5.74) is 0.859. The largest absolute Gasteiger partial charge is 0.496 e. The number of rotatable bonds is 2. The first-order chi connectivity index (χ1) is 7.35. The first kappa shape index (κ1) is 12.6. The lowest BCUT2D eigenvalue weighted by Crippen LogP contribution is -2.24. The highest BCUT2D eigenvalue weighted by Gasteiger charge is 2.22. The highest BCUT2D eigenvalue weighted by atomic mass is 16.6. The number of benzene rings is 1. The summed E-state index contributed by atoms with van der Waals surface area (Å²) in [5.74, 6) is 0.205. The molecule has 0 radical (unpaired) electrons. The van der Waals surface area contributed by atoms with Crippen LogP contribution in [0.5, 0.6) is 5.75 Å². The van der Waals surface area contributed by atoms with E-state index < -0.39 is 5.60 Å². The van der Waals surface area contributed by atoms with Crippen LogP contribution in [-0.2, 0) is 4.74 Å². The standard InChI is InChI=1S/C13H18O3/c1-9-7-6-8-10(15-5)11(9)12(14)16-13(2,3)4/h6-8H,1-5H3. The molecule has 0 amide bonds. The number of carbonyl (C=O) groups excluding carboxylic acids is 1. The number of hydrogen-bond acceptors (Lipinski definition) is 3. The molecule has 0 heterocycles. The highest BCUT2D eigenvalue weighted by molar-refractivity contribution is 5.94. The third-order valence-corrected chi connectivity index (χ3v) is 2.06. The minimum atomic E-state index is -0.496. The fourth-order valence-electron chi connectivity index (χ4n) is 1.40. The Hall–Kier alpha value is -1.51. The summed E-state index contributed by atoms with van der Waals surface area (Å²) in [4.78, 5) is 12.0. The Morgan fingerprint density at radius 2 is 1.88 bits per heavy atom. The lowest BCUT2D eigenvalue weighted by atomic mass is 10.1. The Bertz CT molecular complexity index is 389. The van der Waals surface area contributed by atoms with Crippen molar-refractivity contribution < 1.29 is 14.3 Å². The summed E-state index contributed by atoms with van der Waals surface area (Å²) in [7, 11) is 1.54. The third-order valence-electron chi connectivity index (χ3n) is 2.06. The average molecular weight is 222 g/mol. The van der Waals surface area contributed by atoms with Crippen LogP contribution in [0.2, 0.25) is 0 Å². The van der Waals surface area contributed by atoms with Crippen LogP contribution >= 0.6 is 0 Å². The van der Waals surface area contributed by atoms with Gasteiger partial charge in [0, 0.05) is 0 Å². The highest BCUT2D eigenvalue weighted by Crippen LogP contribution is 2.24. The van der Waals surface area contributed by atoms with E-state index in [0.717, 1.165) is 5.56 Å². The Morgan fingerprint density at radius 3 is 2.38 bits per heavy atom. The SMILES string of the molecule is COc1cccc(C)c1C(=O)OC(C)(C)C. The van der Waals surface area contributed by atoms with E-state index in [1.54, 1.807) is 13.2 Å². The lowest BCUT2D eigenvalue weighted by Gasteiger charge is -2.21. The topological polar surface area (TPSA) is 35.5 Å². The van der Waals surface area contributed by atoms with Crippen LogP contribution in [0, 0.1) is 6.92 Å². The van der Waals surface area contributed by atoms with Gasteiger partial charge in [0.05, 0.1) is 7.11 Å². The molecule has 0 aliphatic carbocycles. The molecule has 0 saturated heterocycles. The molecular weight excluding hydrogens is 204 g/mol. The van der Waals surface area contributed by atoms with E-state index in [4.69, 9.17) is 9.47 Å². The summed E-state index contributed by atoms with van der Waals surface area (Å²) < 4.78 is 10.5. The molecule has 0 atom stereocenters. The van der Waals surface area contributed by atoms with E-state index in [1.165, 1.54) is 0 Å². The summed E-state index contributed by atoms with van der Waals surface area (Å²) in [6, 6.07) is 5.47. The van der Waals surface area contributed by atoms with Gasteiger partial charge in [-0.2, -0.15) is 0 Å². The molecule has 0 N–H and O–H groups in total. The second-order valence-corrected chi connectivity index (χ2v) is 4.65. The normalized spacial score (nSPS) is 11.1. The predicted octanol–water partition coefficient (Wildman–Crippen LogP) is 2.96. The maximum atomic E-state index is 12.0. The van der Waals surface area contributed by atoms with Crippen molar-refractivity contribution in [1.29, 1.82) is 0 Å². The molecule has 3 heteroatoms. The first-order valence-electron chi connectivity index (χ1n) is 5.22. The second-order valence-electron chi connectivity index (χ2n) is 4.65. The number of ether oxygens (including phenoxy) is 2. The van der Waals surface area contributed by atoms with Crippen molar-refractivity contribution >= 4 is 5.97 Å². The van der Waals surface area contributed by atoms with Gasteiger partial charge in [0.25, 0.3) is 0 Å². The van der Waals surface area contributed by atoms with E-state index in [9.17, 15) is 4.79 Å². The van der Waals surface area contributed by atoms with Crippen LogP contribution < -0.4 is 4.74 Å². The van der Waals surface area contributed by atoms with Crippen molar-refractivity contribution in [1.82, 2.24) is 0 Å². The van der Waals surface area contributed by atoms with Crippen LogP contribution in [0.25, 0.3) is 0 Å². The van der Waals surface area contributed by atoms with Crippen LogP contribution in [0.15, 0.2) is 18.2 Å². The summed E-state index contributed by atoms with van der Waals surface area (Å²) >= 11 is 0. The molecule has 0 aliphatic rings. The van der Waals surface area contributed by atoms with E-state index in [0.29, 0.717) is 11.3 Å². The molecule has 88 valence electrons. The fraction of sp³-hybridized carbons (Fsp3) is 0.462. The number of esters is 1. The zero-order valence-corrected chi connectivity index (χ0v) is 10.5. The molecule has 1 aromatic carbocycles. The van der Waals surface area contributed by atoms with Crippen LogP contribution in [0.4, 0.5) is 0 Å². The van der Waals surface area contributed by atoms with Gasteiger partial charge in [-0.1, -0.05) is 12.1 Å². The molecule has 0 bridgehead atoms. The Morgan fingerprint density at radius 1 is 1.25 bits per heavy atom. The molecule has 3 nitrogen and oxygen atoms in total. The van der Waals surface area contributed by atoms with Crippen LogP contribution in [0.3, 0.4) is 0 Å². The summed E-state index contributed by atoms with van der Waals surface area (Å²) in [5, 5.41) is 0. The number of methoxy groups -OCH3 is 1.